The molecule has 0 unspecified atom stereocenters. The molecule has 0 fully saturated rings. The van der Waals surface area contributed by atoms with Crippen LogP contribution in [0.1, 0.15) is 42.5 Å². The molecular formula is C25H30N2O3. The van der Waals surface area contributed by atoms with E-state index < -0.39 is 0 Å². The van der Waals surface area contributed by atoms with Crippen LogP contribution in [0.15, 0.2) is 48.2 Å². The third kappa shape index (κ3) is 4.79. The molecule has 0 aromatic heterocycles. The Morgan fingerprint density at radius 3 is 2.40 bits per heavy atom. The summed E-state index contributed by atoms with van der Waals surface area (Å²) in [5, 5.41) is 3.22. The first kappa shape index (κ1) is 21.8. The number of carbonyl (C=O) groups is 2. The Labute approximate surface area is 178 Å². The number of aryl methyl sites for hydroxylation is 3. The summed E-state index contributed by atoms with van der Waals surface area (Å²) < 4.78 is 5.57. The fraction of sp³-hybridized carbons (Fsp3) is 0.360. The number of nitrogens with one attached hydrogen (secondary N) is 1. The topological polar surface area (TPSA) is 58.6 Å². The van der Waals surface area contributed by atoms with Gasteiger partial charge in [0.2, 0.25) is 0 Å². The second-order valence-electron chi connectivity index (χ2n) is 8.08. The maximum Gasteiger partial charge on any atom is 0.278 e. The molecule has 30 heavy (non-hydrogen) atoms. The second kappa shape index (κ2) is 9.26. The zero-order chi connectivity index (χ0) is 21.8. The van der Waals surface area contributed by atoms with Gasteiger partial charge in [0.05, 0.1) is 11.7 Å². The van der Waals surface area contributed by atoms with Gasteiger partial charge in [0.25, 0.3) is 11.8 Å². The zero-order valence-corrected chi connectivity index (χ0v) is 18.4. The van der Waals surface area contributed by atoms with E-state index in [0.29, 0.717) is 30.8 Å². The third-order valence-electron chi connectivity index (χ3n) is 5.23. The second-order valence-corrected chi connectivity index (χ2v) is 8.08. The maximum atomic E-state index is 13.3. The first-order chi connectivity index (χ1) is 14.3. The average Bonchev–Trinajstić information content (AvgIpc) is 2.91. The van der Waals surface area contributed by atoms with Gasteiger partial charge >= 0.3 is 0 Å². The summed E-state index contributed by atoms with van der Waals surface area (Å²) >= 11 is 0. The van der Waals surface area contributed by atoms with Crippen LogP contribution in [0.3, 0.4) is 0 Å². The lowest BCUT2D eigenvalue weighted by Gasteiger charge is -2.16. The van der Waals surface area contributed by atoms with Gasteiger partial charge in [0.15, 0.2) is 0 Å². The van der Waals surface area contributed by atoms with E-state index in [1.165, 1.54) is 4.90 Å². The molecule has 2 amide bonds. The Morgan fingerprint density at radius 1 is 0.967 bits per heavy atom. The van der Waals surface area contributed by atoms with Crippen LogP contribution in [0, 0.1) is 20.8 Å². The van der Waals surface area contributed by atoms with Crippen molar-refractivity contribution in [3.05, 3.63) is 70.4 Å². The third-order valence-corrected chi connectivity index (χ3v) is 5.23. The standard InChI is InChI=1S/C25H30N2O3/c1-16(2)30-13-7-12-27-24(28)22(20-11-10-18(4)19(5)15-20)23(25(27)29)26-21-9-6-8-17(3)14-21/h6,8-11,14-16,26H,7,12-13H2,1-5H3. The predicted molar refractivity (Wildman–Crippen MR) is 120 cm³/mol. The van der Waals surface area contributed by atoms with Crippen molar-refractivity contribution in [3.8, 4) is 0 Å². The molecule has 0 aliphatic carbocycles. The molecule has 3 rings (SSSR count). The van der Waals surface area contributed by atoms with Crippen molar-refractivity contribution in [3.63, 3.8) is 0 Å². The van der Waals surface area contributed by atoms with Gasteiger partial charge in [-0.3, -0.25) is 14.5 Å². The van der Waals surface area contributed by atoms with E-state index in [-0.39, 0.29) is 17.9 Å². The fourth-order valence-electron chi connectivity index (χ4n) is 3.47. The van der Waals surface area contributed by atoms with Crippen molar-refractivity contribution in [2.24, 2.45) is 0 Å². The van der Waals surface area contributed by atoms with Gasteiger partial charge in [0, 0.05) is 18.8 Å². The Kier molecular flexibility index (Phi) is 6.73. The number of ether oxygens (including phenoxy) is 1. The largest absolute Gasteiger partial charge is 0.379 e. The lowest BCUT2D eigenvalue weighted by Crippen LogP contribution is -2.34. The number of nitrogens with zero attached hydrogens (tertiary/aromatic N) is 1. The van der Waals surface area contributed by atoms with Crippen LogP contribution in [0.25, 0.3) is 5.57 Å². The molecule has 158 valence electrons. The van der Waals surface area contributed by atoms with Gasteiger partial charge in [-0.1, -0.05) is 30.3 Å². The van der Waals surface area contributed by atoms with Gasteiger partial charge < -0.3 is 10.1 Å². The van der Waals surface area contributed by atoms with Crippen molar-refractivity contribution in [1.82, 2.24) is 4.90 Å². The first-order valence-electron chi connectivity index (χ1n) is 10.4. The van der Waals surface area contributed by atoms with Crippen LogP contribution < -0.4 is 5.32 Å². The van der Waals surface area contributed by atoms with Crippen LogP contribution in [-0.2, 0) is 14.3 Å². The van der Waals surface area contributed by atoms with Gasteiger partial charge in [0.1, 0.15) is 5.70 Å². The predicted octanol–water partition coefficient (Wildman–Crippen LogP) is 4.62. The number of carbonyl (C=O) groups excluding carboxylic acids is 2. The minimum absolute atomic E-state index is 0.123. The van der Waals surface area contributed by atoms with E-state index in [0.717, 1.165) is 27.9 Å². The number of amides is 2. The number of benzene rings is 2. The lowest BCUT2D eigenvalue weighted by atomic mass is 9.99. The monoisotopic (exact) mass is 406 g/mol. The van der Waals surface area contributed by atoms with Gasteiger partial charge in [-0.05, 0) is 75.4 Å². The SMILES string of the molecule is Cc1cccc(NC2=C(c3ccc(C)c(C)c3)C(=O)N(CCCOC(C)C)C2=O)c1. The first-order valence-corrected chi connectivity index (χ1v) is 10.4. The molecule has 0 atom stereocenters. The highest BCUT2D eigenvalue weighted by Gasteiger charge is 2.39. The summed E-state index contributed by atoms with van der Waals surface area (Å²) in [4.78, 5) is 27.8. The summed E-state index contributed by atoms with van der Waals surface area (Å²) in [7, 11) is 0. The summed E-state index contributed by atoms with van der Waals surface area (Å²) in [6, 6.07) is 13.6. The highest BCUT2D eigenvalue weighted by molar-refractivity contribution is 6.36. The van der Waals surface area contributed by atoms with Gasteiger partial charge in [-0.2, -0.15) is 0 Å². The molecule has 1 heterocycles. The molecule has 0 bridgehead atoms. The maximum absolute atomic E-state index is 13.3. The molecule has 0 spiro atoms. The van der Waals surface area contributed by atoms with Crippen molar-refractivity contribution in [2.45, 2.75) is 47.1 Å². The quantitative estimate of drug-likeness (QED) is 0.513. The number of hydrogen-bond donors (Lipinski definition) is 1. The molecule has 2 aromatic rings. The Balaban J connectivity index is 1.94. The minimum Gasteiger partial charge on any atom is -0.379 e. The molecule has 2 aromatic carbocycles. The van der Waals surface area contributed by atoms with Crippen molar-refractivity contribution >= 4 is 23.1 Å². The van der Waals surface area contributed by atoms with E-state index >= 15 is 0 Å². The van der Waals surface area contributed by atoms with E-state index in [1.54, 1.807) is 0 Å². The van der Waals surface area contributed by atoms with E-state index in [1.807, 2.05) is 77.1 Å². The molecule has 0 saturated carbocycles. The van der Waals surface area contributed by atoms with Crippen LogP contribution in [0.2, 0.25) is 0 Å². The van der Waals surface area contributed by atoms with E-state index in [4.69, 9.17) is 4.74 Å². The Morgan fingerprint density at radius 2 is 1.73 bits per heavy atom. The average molecular weight is 407 g/mol. The number of imide groups is 1. The molecule has 0 radical (unpaired) electrons. The summed E-state index contributed by atoms with van der Waals surface area (Å²) in [6.07, 6.45) is 0.728. The summed E-state index contributed by atoms with van der Waals surface area (Å²) in [6.45, 7) is 10.8. The van der Waals surface area contributed by atoms with Crippen LogP contribution in [-0.4, -0.2) is 36.0 Å². The summed E-state index contributed by atoms with van der Waals surface area (Å²) in [5.74, 6) is -0.553. The minimum atomic E-state index is -0.292. The molecule has 1 N–H and O–H groups in total. The number of anilines is 1. The molecule has 5 heteroatoms. The van der Waals surface area contributed by atoms with Crippen LogP contribution in [0.5, 0.6) is 0 Å². The molecule has 1 aliphatic heterocycles. The summed E-state index contributed by atoms with van der Waals surface area (Å²) in [5.41, 5.74) is 5.61. The van der Waals surface area contributed by atoms with Crippen LogP contribution >= 0.6 is 0 Å². The smallest absolute Gasteiger partial charge is 0.278 e. The van der Waals surface area contributed by atoms with E-state index in [9.17, 15) is 9.59 Å². The van der Waals surface area contributed by atoms with Crippen molar-refractivity contribution in [2.75, 3.05) is 18.5 Å². The van der Waals surface area contributed by atoms with Crippen LogP contribution in [0.4, 0.5) is 5.69 Å². The molecule has 5 nitrogen and oxygen atoms in total. The molecule has 0 saturated heterocycles. The highest BCUT2D eigenvalue weighted by Crippen LogP contribution is 2.31. The molecule has 1 aliphatic rings. The van der Waals surface area contributed by atoms with Crippen molar-refractivity contribution < 1.29 is 14.3 Å². The normalized spacial score (nSPS) is 14.3. The number of rotatable bonds is 8. The number of hydrogen-bond acceptors (Lipinski definition) is 4. The van der Waals surface area contributed by atoms with E-state index in [2.05, 4.69) is 5.32 Å². The molecular weight excluding hydrogens is 376 g/mol. The highest BCUT2D eigenvalue weighted by atomic mass is 16.5. The Bertz CT molecular complexity index is 992. The zero-order valence-electron chi connectivity index (χ0n) is 18.4. The fourth-order valence-corrected chi connectivity index (χ4v) is 3.47. The lowest BCUT2D eigenvalue weighted by molar-refractivity contribution is -0.137. The van der Waals surface area contributed by atoms with Gasteiger partial charge in [-0.25, -0.2) is 0 Å². The Hall–Kier alpha value is -2.92. The van der Waals surface area contributed by atoms with Crippen molar-refractivity contribution in [1.29, 1.82) is 0 Å². The van der Waals surface area contributed by atoms with Gasteiger partial charge in [-0.15, -0.1) is 0 Å².